The summed E-state index contributed by atoms with van der Waals surface area (Å²) in [5.74, 6) is 0.517. The van der Waals surface area contributed by atoms with Crippen molar-refractivity contribution < 1.29 is 14.3 Å². The maximum atomic E-state index is 13.8. The SMILES string of the molecule is COc1cccc(C(=O)N(CC(=O)N(Cc2cccn2Cc2ccccc2)C(C)C)C2CCCCC2)c1. The second-order valence-electron chi connectivity index (χ2n) is 10.2. The van der Waals surface area contributed by atoms with Crippen molar-refractivity contribution in [3.63, 3.8) is 0 Å². The van der Waals surface area contributed by atoms with E-state index >= 15 is 0 Å². The monoisotopic (exact) mass is 501 g/mol. The zero-order chi connectivity index (χ0) is 26.2. The van der Waals surface area contributed by atoms with Gasteiger partial charge in [0.1, 0.15) is 12.3 Å². The van der Waals surface area contributed by atoms with E-state index in [2.05, 4.69) is 29.0 Å². The van der Waals surface area contributed by atoms with Gasteiger partial charge in [0, 0.05) is 36.1 Å². The molecule has 1 aliphatic carbocycles. The summed E-state index contributed by atoms with van der Waals surface area (Å²) in [6.45, 7) is 5.42. The lowest BCUT2D eigenvalue weighted by molar-refractivity contribution is -0.135. The van der Waals surface area contributed by atoms with E-state index in [1.807, 2.05) is 66.1 Å². The Labute approximate surface area is 220 Å². The summed E-state index contributed by atoms with van der Waals surface area (Å²) in [5, 5.41) is 0. The Hall–Kier alpha value is -3.54. The number of amides is 2. The number of carbonyl (C=O) groups excluding carboxylic acids is 2. The van der Waals surface area contributed by atoms with Gasteiger partial charge >= 0.3 is 0 Å². The number of benzene rings is 2. The van der Waals surface area contributed by atoms with Crippen LogP contribution in [-0.4, -0.2) is 51.9 Å². The maximum absolute atomic E-state index is 13.8. The van der Waals surface area contributed by atoms with Crippen molar-refractivity contribution in [3.8, 4) is 5.75 Å². The molecule has 0 unspecified atom stereocenters. The van der Waals surface area contributed by atoms with E-state index in [1.54, 1.807) is 13.2 Å². The molecule has 1 aromatic heterocycles. The molecular weight excluding hydrogens is 462 g/mol. The minimum atomic E-state index is -0.102. The highest BCUT2D eigenvalue weighted by molar-refractivity contribution is 5.97. The van der Waals surface area contributed by atoms with Crippen molar-refractivity contribution in [1.29, 1.82) is 0 Å². The van der Waals surface area contributed by atoms with Crippen LogP contribution in [0.1, 0.15) is 67.6 Å². The van der Waals surface area contributed by atoms with Gasteiger partial charge in [0.05, 0.1) is 13.7 Å². The van der Waals surface area contributed by atoms with E-state index in [9.17, 15) is 9.59 Å². The van der Waals surface area contributed by atoms with Gasteiger partial charge in [0.15, 0.2) is 0 Å². The van der Waals surface area contributed by atoms with Crippen molar-refractivity contribution >= 4 is 11.8 Å². The van der Waals surface area contributed by atoms with Crippen LogP contribution in [-0.2, 0) is 17.9 Å². The minimum absolute atomic E-state index is 0.00713. The van der Waals surface area contributed by atoms with E-state index in [-0.39, 0.29) is 30.4 Å². The molecule has 1 fully saturated rings. The van der Waals surface area contributed by atoms with Gasteiger partial charge in [-0.2, -0.15) is 0 Å². The molecule has 0 bridgehead atoms. The van der Waals surface area contributed by atoms with Gasteiger partial charge in [0.25, 0.3) is 5.91 Å². The van der Waals surface area contributed by atoms with Crippen molar-refractivity contribution in [2.75, 3.05) is 13.7 Å². The molecule has 1 heterocycles. The smallest absolute Gasteiger partial charge is 0.254 e. The van der Waals surface area contributed by atoms with Crippen molar-refractivity contribution in [2.24, 2.45) is 0 Å². The Kier molecular flexibility index (Phi) is 9.04. The minimum Gasteiger partial charge on any atom is -0.497 e. The molecule has 4 rings (SSSR count). The highest BCUT2D eigenvalue weighted by Crippen LogP contribution is 2.25. The van der Waals surface area contributed by atoms with Crippen LogP contribution >= 0.6 is 0 Å². The Morgan fingerprint density at radius 1 is 0.973 bits per heavy atom. The molecule has 0 N–H and O–H groups in total. The van der Waals surface area contributed by atoms with Gasteiger partial charge in [-0.3, -0.25) is 9.59 Å². The van der Waals surface area contributed by atoms with Crippen LogP contribution in [0.2, 0.25) is 0 Å². The quantitative estimate of drug-likeness (QED) is 0.355. The Bertz CT molecular complexity index is 1170. The number of nitrogens with zero attached hydrogens (tertiary/aromatic N) is 3. The van der Waals surface area contributed by atoms with E-state index in [1.165, 1.54) is 12.0 Å². The molecule has 1 aliphatic rings. The van der Waals surface area contributed by atoms with Gasteiger partial charge in [0.2, 0.25) is 5.91 Å². The zero-order valence-corrected chi connectivity index (χ0v) is 22.3. The molecule has 2 aromatic carbocycles. The van der Waals surface area contributed by atoms with Gasteiger partial charge in [-0.05, 0) is 62.6 Å². The van der Waals surface area contributed by atoms with Crippen LogP contribution < -0.4 is 4.74 Å². The summed E-state index contributed by atoms with van der Waals surface area (Å²) in [6.07, 6.45) is 7.28. The number of rotatable bonds is 10. The second-order valence-corrected chi connectivity index (χ2v) is 10.2. The predicted molar refractivity (Wildman–Crippen MR) is 147 cm³/mol. The first-order chi connectivity index (χ1) is 18.0. The van der Waals surface area contributed by atoms with Crippen molar-refractivity contribution in [1.82, 2.24) is 14.4 Å². The van der Waals surface area contributed by atoms with Crippen LogP contribution in [0.5, 0.6) is 5.75 Å². The lowest BCUT2D eigenvalue weighted by Crippen LogP contribution is -2.49. The van der Waals surface area contributed by atoms with Gasteiger partial charge in [-0.25, -0.2) is 0 Å². The molecule has 0 atom stereocenters. The van der Waals surface area contributed by atoms with E-state index in [4.69, 9.17) is 4.74 Å². The Balaban J connectivity index is 1.53. The third-order valence-electron chi connectivity index (χ3n) is 7.29. The number of ether oxygens (including phenoxy) is 1. The average molecular weight is 502 g/mol. The lowest BCUT2D eigenvalue weighted by Gasteiger charge is -2.36. The molecule has 2 amide bonds. The van der Waals surface area contributed by atoms with Crippen molar-refractivity contribution in [3.05, 3.63) is 89.7 Å². The molecule has 37 heavy (non-hydrogen) atoms. The molecule has 0 saturated heterocycles. The molecule has 1 saturated carbocycles. The summed E-state index contributed by atoms with van der Waals surface area (Å²) in [4.78, 5) is 31.2. The van der Waals surface area contributed by atoms with Crippen LogP contribution in [0.15, 0.2) is 72.9 Å². The van der Waals surface area contributed by atoms with Gasteiger partial charge in [-0.15, -0.1) is 0 Å². The third-order valence-corrected chi connectivity index (χ3v) is 7.29. The average Bonchev–Trinajstić information content (AvgIpc) is 3.37. The fourth-order valence-electron chi connectivity index (χ4n) is 5.18. The first kappa shape index (κ1) is 26.5. The zero-order valence-electron chi connectivity index (χ0n) is 22.3. The highest BCUT2D eigenvalue weighted by Gasteiger charge is 2.30. The summed E-state index contributed by atoms with van der Waals surface area (Å²) in [6, 6.07) is 21.7. The fourth-order valence-corrected chi connectivity index (χ4v) is 5.18. The number of aromatic nitrogens is 1. The molecule has 6 heteroatoms. The lowest BCUT2D eigenvalue weighted by atomic mass is 9.93. The number of hydrogen-bond acceptors (Lipinski definition) is 3. The summed E-state index contributed by atoms with van der Waals surface area (Å²) >= 11 is 0. The third kappa shape index (κ3) is 6.82. The summed E-state index contributed by atoms with van der Waals surface area (Å²) in [5.41, 5.74) is 2.86. The van der Waals surface area contributed by atoms with Gasteiger partial charge < -0.3 is 19.1 Å². The van der Waals surface area contributed by atoms with Crippen LogP contribution in [0.25, 0.3) is 0 Å². The number of hydrogen-bond donors (Lipinski definition) is 0. The Morgan fingerprint density at radius 3 is 2.43 bits per heavy atom. The van der Waals surface area contributed by atoms with E-state index < -0.39 is 0 Å². The normalized spacial score (nSPS) is 13.9. The van der Waals surface area contributed by atoms with E-state index in [0.717, 1.165) is 37.9 Å². The largest absolute Gasteiger partial charge is 0.497 e. The topological polar surface area (TPSA) is 54.8 Å². The summed E-state index contributed by atoms with van der Waals surface area (Å²) in [7, 11) is 1.60. The van der Waals surface area contributed by atoms with Crippen LogP contribution in [0.4, 0.5) is 0 Å². The molecule has 0 spiro atoms. The molecular formula is C31H39N3O3. The molecule has 0 aliphatic heterocycles. The number of methoxy groups -OCH3 is 1. The molecule has 3 aromatic rings. The Morgan fingerprint density at radius 2 is 1.73 bits per heavy atom. The first-order valence-electron chi connectivity index (χ1n) is 13.4. The van der Waals surface area contributed by atoms with Gasteiger partial charge in [-0.1, -0.05) is 55.7 Å². The molecule has 196 valence electrons. The maximum Gasteiger partial charge on any atom is 0.254 e. The second kappa shape index (κ2) is 12.6. The predicted octanol–water partition coefficient (Wildman–Crippen LogP) is 5.76. The molecule has 6 nitrogen and oxygen atoms in total. The van der Waals surface area contributed by atoms with E-state index in [0.29, 0.717) is 17.9 Å². The first-order valence-corrected chi connectivity index (χ1v) is 13.4. The standard InChI is InChI=1S/C31H39N3O3/c1-24(2)33(22-28-17-11-19-32(28)21-25-12-6-4-7-13-25)30(35)23-34(27-15-8-5-9-16-27)31(36)26-14-10-18-29(20-26)37-3/h4,6-7,10-14,17-20,24,27H,5,8-9,15-16,21-23H2,1-3H3. The summed E-state index contributed by atoms with van der Waals surface area (Å²) < 4.78 is 7.54. The molecule has 0 radical (unpaired) electrons. The highest BCUT2D eigenvalue weighted by atomic mass is 16.5. The van der Waals surface area contributed by atoms with Crippen molar-refractivity contribution in [2.45, 2.75) is 71.1 Å². The van der Waals surface area contributed by atoms with Crippen LogP contribution in [0.3, 0.4) is 0 Å². The number of carbonyl (C=O) groups is 2. The fraction of sp³-hybridized carbons (Fsp3) is 0.419. The van der Waals surface area contributed by atoms with Crippen LogP contribution in [0, 0.1) is 0 Å².